The Hall–Kier alpha value is -1.65. The number of hydrogen-bond acceptors (Lipinski definition) is 4. The SMILES string of the molecule is CSc1ccc(N2CCc3c(OC4CCN(C)CC4)cccc32)cc1. The van der Waals surface area contributed by atoms with Gasteiger partial charge in [0.05, 0.1) is 0 Å². The molecule has 0 radical (unpaired) electrons. The van der Waals surface area contributed by atoms with E-state index in [-0.39, 0.29) is 0 Å². The Labute approximate surface area is 155 Å². The van der Waals surface area contributed by atoms with Gasteiger partial charge in [-0.2, -0.15) is 0 Å². The van der Waals surface area contributed by atoms with E-state index in [4.69, 9.17) is 4.74 Å². The summed E-state index contributed by atoms with van der Waals surface area (Å²) < 4.78 is 6.41. The van der Waals surface area contributed by atoms with Crippen LogP contribution in [0.25, 0.3) is 0 Å². The fraction of sp³-hybridized carbons (Fsp3) is 0.429. The number of thioether (sulfide) groups is 1. The summed E-state index contributed by atoms with van der Waals surface area (Å²) >= 11 is 1.79. The van der Waals surface area contributed by atoms with Gasteiger partial charge in [-0.15, -0.1) is 11.8 Å². The quantitative estimate of drug-likeness (QED) is 0.747. The molecule has 0 spiro atoms. The summed E-state index contributed by atoms with van der Waals surface area (Å²) in [4.78, 5) is 6.11. The summed E-state index contributed by atoms with van der Waals surface area (Å²) in [6.07, 6.45) is 5.78. The maximum absolute atomic E-state index is 6.41. The molecular formula is C21H26N2OS. The van der Waals surface area contributed by atoms with Crippen molar-refractivity contribution in [3.05, 3.63) is 48.0 Å². The Morgan fingerprint density at radius 2 is 1.76 bits per heavy atom. The molecule has 2 heterocycles. The first kappa shape index (κ1) is 16.8. The summed E-state index contributed by atoms with van der Waals surface area (Å²) in [6, 6.07) is 15.4. The molecule has 2 aromatic rings. The van der Waals surface area contributed by atoms with Crippen molar-refractivity contribution in [3.8, 4) is 5.75 Å². The second-order valence-electron chi connectivity index (χ2n) is 6.97. The first-order valence-corrected chi connectivity index (χ1v) is 10.4. The molecule has 3 nitrogen and oxygen atoms in total. The van der Waals surface area contributed by atoms with E-state index in [0.29, 0.717) is 6.10 Å². The van der Waals surface area contributed by atoms with E-state index in [1.165, 1.54) is 21.8 Å². The maximum atomic E-state index is 6.41. The number of benzene rings is 2. The molecular weight excluding hydrogens is 328 g/mol. The fourth-order valence-electron chi connectivity index (χ4n) is 3.83. The Morgan fingerprint density at radius 3 is 2.48 bits per heavy atom. The van der Waals surface area contributed by atoms with Gasteiger partial charge in [0.25, 0.3) is 0 Å². The van der Waals surface area contributed by atoms with Gasteiger partial charge in [0.1, 0.15) is 11.9 Å². The van der Waals surface area contributed by atoms with Crippen molar-refractivity contribution < 1.29 is 4.74 Å². The Bertz CT molecular complexity index is 723. The van der Waals surface area contributed by atoms with Crippen LogP contribution in [0.4, 0.5) is 11.4 Å². The van der Waals surface area contributed by atoms with E-state index >= 15 is 0 Å². The zero-order valence-corrected chi connectivity index (χ0v) is 15.9. The van der Waals surface area contributed by atoms with Gasteiger partial charge in [0, 0.05) is 41.5 Å². The lowest BCUT2D eigenvalue weighted by molar-refractivity contribution is 0.113. The molecule has 0 aliphatic carbocycles. The average molecular weight is 355 g/mol. The molecule has 25 heavy (non-hydrogen) atoms. The average Bonchev–Trinajstić information content (AvgIpc) is 3.09. The number of fused-ring (bicyclic) bond motifs is 1. The van der Waals surface area contributed by atoms with Gasteiger partial charge in [-0.1, -0.05) is 6.07 Å². The molecule has 0 saturated carbocycles. The lowest BCUT2D eigenvalue weighted by Crippen LogP contribution is -2.35. The lowest BCUT2D eigenvalue weighted by Gasteiger charge is -2.30. The van der Waals surface area contributed by atoms with Crippen LogP contribution in [0, 0.1) is 0 Å². The monoisotopic (exact) mass is 354 g/mol. The number of likely N-dealkylation sites (tertiary alicyclic amines) is 1. The molecule has 2 aliphatic heterocycles. The van der Waals surface area contributed by atoms with E-state index in [1.807, 2.05) is 0 Å². The van der Waals surface area contributed by atoms with Crippen molar-refractivity contribution in [2.45, 2.75) is 30.3 Å². The van der Waals surface area contributed by atoms with Crippen molar-refractivity contribution in [2.24, 2.45) is 0 Å². The number of piperidine rings is 1. The molecule has 1 saturated heterocycles. The summed E-state index contributed by atoms with van der Waals surface area (Å²) in [6.45, 7) is 3.29. The molecule has 0 bridgehead atoms. The van der Waals surface area contributed by atoms with Crippen LogP contribution in [-0.2, 0) is 6.42 Å². The third kappa shape index (κ3) is 3.51. The van der Waals surface area contributed by atoms with Gasteiger partial charge < -0.3 is 14.5 Å². The van der Waals surface area contributed by atoms with Crippen LogP contribution in [0.15, 0.2) is 47.4 Å². The minimum absolute atomic E-state index is 0.359. The van der Waals surface area contributed by atoms with Crippen LogP contribution in [0.3, 0.4) is 0 Å². The number of anilines is 2. The first-order valence-electron chi connectivity index (χ1n) is 9.13. The van der Waals surface area contributed by atoms with Gasteiger partial charge >= 0.3 is 0 Å². The minimum atomic E-state index is 0.359. The topological polar surface area (TPSA) is 15.7 Å². The predicted molar refractivity (Wildman–Crippen MR) is 107 cm³/mol. The van der Waals surface area contributed by atoms with Crippen LogP contribution in [-0.4, -0.2) is 43.9 Å². The highest BCUT2D eigenvalue weighted by Gasteiger charge is 2.25. The fourth-order valence-corrected chi connectivity index (χ4v) is 4.23. The molecule has 4 rings (SSSR count). The molecule has 0 unspecified atom stereocenters. The highest BCUT2D eigenvalue weighted by Crippen LogP contribution is 2.40. The van der Waals surface area contributed by atoms with Crippen molar-refractivity contribution in [1.82, 2.24) is 4.90 Å². The van der Waals surface area contributed by atoms with E-state index in [2.05, 4.69) is 65.6 Å². The zero-order chi connectivity index (χ0) is 17.2. The van der Waals surface area contributed by atoms with Crippen LogP contribution < -0.4 is 9.64 Å². The minimum Gasteiger partial charge on any atom is -0.490 e. The molecule has 1 fully saturated rings. The van der Waals surface area contributed by atoms with Gasteiger partial charge in [-0.25, -0.2) is 0 Å². The van der Waals surface area contributed by atoms with Crippen LogP contribution in [0.1, 0.15) is 18.4 Å². The van der Waals surface area contributed by atoms with Crippen molar-refractivity contribution >= 4 is 23.1 Å². The predicted octanol–water partition coefficient (Wildman–Crippen LogP) is 4.58. The summed E-state index contributed by atoms with van der Waals surface area (Å²) in [5.41, 5.74) is 3.95. The van der Waals surface area contributed by atoms with Crippen molar-refractivity contribution in [3.63, 3.8) is 0 Å². The summed E-state index contributed by atoms with van der Waals surface area (Å²) in [5, 5.41) is 0. The molecule has 0 atom stereocenters. The molecule has 132 valence electrons. The molecule has 2 aromatic carbocycles. The van der Waals surface area contributed by atoms with Gasteiger partial charge in [-0.05, 0) is 69.0 Å². The van der Waals surface area contributed by atoms with E-state index in [0.717, 1.165) is 44.6 Å². The second-order valence-corrected chi connectivity index (χ2v) is 7.85. The summed E-state index contributed by atoms with van der Waals surface area (Å²) in [5.74, 6) is 1.09. The van der Waals surface area contributed by atoms with E-state index in [9.17, 15) is 0 Å². The van der Waals surface area contributed by atoms with Gasteiger partial charge in [0.2, 0.25) is 0 Å². The maximum Gasteiger partial charge on any atom is 0.125 e. The van der Waals surface area contributed by atoms with Crippen molar-refractivity contribution in [2.75, 3.05) is 37.8 Å². The number of nitrogens with zero attached hydrogens (tertiary/aromatic N) is 2. The molecule has 4 heteroatoms. The normalized spacial score (nSPS) is 18.4. The highest BCUT2D eigenvalue weighted by atomic mass is 32.2. The smallest absolute Gasteiger partial charge is 0.125 e. The standard InChI is InChI=1S/C21H26N2OS/c1-22-13-10-17(11-14-22)24-21-5-3-4-20-19(21)12-15-23(20)16-6-8-18(25-2)9-7-16/h3-9,17H,10-15H2,1-2H3. The Balaban J connectivity index is 1.54. The largest absolute Gasteiger partial charge is 0.490 e. The third-order valence-corrected chi connectivity index (χ3v) is 6.07. The van der Waals surface area contributed by atoms with Crippen LogP contribution in [0.5, 0.6) is 5.75 Å². The Kier molecular flexibility index (Phi) is 4.91. The molecule has 0 amide bonds. The number of hydrogen-bond donors (Lipinski definition) is 0. The van der Waals surface area contributed by atoms with Gasteiger partial charge in [-0.3, -0.25) is 0 Å². The van der Waals surface area contributed by atoms with Crippen LogP contribution >= 0.6 is 11.8 Å². The second kappa shape index (κ2) is 7.30. The van der Waals surface area contributed by atoms with E-state index < -0.39 is 0 Å². The van der Waals surface area contributed by atoms with Crippen molar-refractivity contribution in [1.29, 1.82) is 0 Å². The first-order chi connectivity index (χ1) is 12.2. The summed E-state index contributed by atoms with van der Waals surface area (Å²) in [7, 11) is 2.19. The molecule has 0 aromatic heterocycles. The van der Waals surface area contributed by atoms with E-state index in [1.54, 1.807) is 11.8 Å². The molecule has 0 N–H and O–H groups in total. The highest BCUT2D eigenvalue weighted by molar-refractivity contribution is 7.98. The lowest BCUT2D eigenvalue weighted by atomic mass is 10.1. The third-order valence-electron chi connectivity index (χ3n) is 5.33. The Morgan fingerprint density at radius 1 is 1.00 bits per heavy atom. The molecule has 2 aliphatic rings. The number of ether oxygens (including phenoxy) is 1. The van der Waals surface area contributed by atoms with Gasteiger partial charge in [0.15, 0.2) is 0 Å². The zero-order valence-electron chi connectivity index (χ0n) is 15.1. The van der Waals surface area contributed by atoms with Crippen LogP contribution in [0.2, 0.25) is 0 Å². The number of rotatable bonds is 4.